The summed E-state index contributed by atoms with van der Waals surface area (Å²) >= 11 is 0. The molecule has 6 heteroatoms. The van der Waals surface area contributed by atoms with Crippen molar-refractivity contribution in [2.24, 2.45) is 0 Å². The van der Waals surface area contributed by atoms with E-state index in [-0.39, 0.29) is 12.3 Å². The molecule has 0 aliphatic carbocycles. The van der Waals surface area contributed by atoms with Crippen molar-refractivity contribution in [1.82, 2.24) is 9.88 Å². The lowest BCUT2D eigenvalue weighted by Gasteiger charge is -2.14. The number of carbonyl (C=O) groups excluding carboxylic acids is 3. The van der Waals surface area contributed by atoms with Crippen molar-refractivity contribution in [2.75, 3.05) is 19.7 Å². The molecule has 0 radical (unpaired) electrons. The SMILES string of the molecule is CCOC(=O)c1c(C)[nH]c(C(=O)C(=O)N2CCCC2)c1-c1ccc(C)cc1. The van der Waals surface area contributed by atoms with Crippen LogP contribution in [0.15, 0.2) is 24.3 Å². The number of aromatic amines is 1. The van der Waals surface area contributed by atoms with E-state index < -0.39 is 17.7 Å². The topological polar surface area (TPSA) is 79.5 Å². The fourth-order valence-electron chi connectivity index (χ4n) is 3.43. The van der Waals surface area contributed by atoms with E-state index in [1.54, 1.807) is 18.7 Å². The van der Waals surface area contributed by atoms with Gasteiger partial charge in [-0.2, -0.15) is 0 Å². The van der Waals surface area contributed by atoms with E-state index in [9.17, 15) is 14.4 Å². The Bertz CT molecular complexity index is 874. The second kappa shape index (κ2) is 7.78. The van der Waals surface area contributed by atoms with E-state index in [0.717, 1.165) is 18.4 Å². The van der Waals surface area contributed by atoms with E-state index in [4.69, 9.17) is 4.74 Å². The van der Waals surface area contributed by atoms with Gasteiger partial charge in [0.25, 0.3) is 11.7 Å². The number of likely N-dealkylation sites (tertiary alicyclic amines) is 1. The second-order valence-electron chi connectivity index (χ2n) is 6.79. The minimum atomic E-state index is -0.619. The van der Waals surface area contributed by atoms with Crippen LogP contribution in [0.25, 0.3) is 11.1 Å². The van der Waals surface area contributed by atoms with Crippen molar-refractivity contribution in [3.63, 3.8) is 0 Å². The van der Waals surface area contributed by atoms with Crippen molar-refractivity contribution in [3.8, 4) is 11.1 Å². The van der Waals surface area contributed by atoms with Crippen molar-refractivity contribution >= 4 is 17.7 Å². The summed E-state index contributed by atoms with van der Waals surface area (Å²) in [6.07, 6.45) is 1.81. The average Bonchev–Trinajstić information content (AvgIpc) is 3.29. The van der Waals surface area contributed by atoms with Crippen LogP contribution in [-0.4, -0.2) is 47.2 Å². The molecule has 0 saturated carbocycles. The van der Waals surface area contributed by atoms with Gasteiger partial charge >= 0.3 is 5.97 Å². The predicted octanol–water partition coefficient (Wildman–Crippen LogP) is 3.28. The zero-order valence-corrected chi connectivity index (χ0v) is 15.9. The Morgan fingerprint density at radius 3 is 2.30 bits per heavy atom. The van der Waals surface area contributed by atoms with Gasteiger partial charge in [-0.3, -0.25) is 9.59 Å². The number of esters is 1. The van der Waals surface area contributed by atoms with Crippen LogP contribution in [0.4, 0.5) is 0 Å². The number of amides is 1. The standard InChI is InChI=1S/C21H24N2O4/c1-4-27-21(26)16-14(3)22-18(17(16)15-9-7-13(2)8-10-15)19(24)20(25)23-11-5-6-12-23/h7-10,22H,4-6,11-12H2,1-3H3. The number of benzene rings is 1. The van der Waals surface area contributed by atoms with Crippen LogP contribution in [0.1, 0.15) is 51.9 Å². The number of aryl methyl sites for hydroxylation is 2. The Hall–Kier alpha value is -2.89. The second-order valence-corrected chi connectivity index (χ2v) is 6.79. The molecule has 6 nitrogen and oxygen atoms in total. The zero-order chi connectivity index (χ0) is 19.6. The Morgan fingerprint density at radius 2 is 1.70 bits per heavy atom. The first-order chi connectivity index (χ1) is 12.9. The van der Waals surface area contributed by atoms with Crippen molar-refractivity contribution in [1.29, 1.82) is 0 Å². The summed E-state index contributed by atoms with van der Waals surface area (Å²) < 4.78 is 5.18. The number of Topliss-reactive ketones (excluding diaryl/α,β-unsaturated/α-hetero) is 1. The molecule has 1 amide bonds. The number of aromatic nitrogens is 1. The van der Waals surface area contributed by atoms with E-state index in [0.29, 0.717) is 35.5 Å². The van der Waals surface area contributed by atoms with Crippen LogP contribution in [0.5, 0.6) is 0 Å². The monoisotopic (exact) mass is 368 g/mol. The van der Waals surface area contributed by atoms with Gasteiger partial charge in [-0.05, 0) is 39.2 Å². The lowest BCUT2D eigenvalue weighted by Crippen LogP contribution is -2.34. The summed E-state index contributed by atoms with van der Waals surface area (Å²) in [5.74, 6) is -1.65. The number of nitrogens with zero attached hydrogens (tertiary/aromatic N) is 1. The molecule has 0 atom stereocenters. The molecule has 0 spiro atoms. The fraction of sp³-hybridized carbons (Fsp3) is 0.381. The zero-order valence-electron chi connectivity index (χ0n) is 15.9. The van der Waals surface area contributed by atoms with Gasteiger partial charge < -0.3 is 14.6 Å². The third kappa shape index (κ3) is 3.65. The van der Waals surface area contributed by atoms with Gasteiger partial charge in [0.1, 0.15) is 5.69 Å². The molecule has 0 unspecified atom stereocenters. The first kappa shape index (κ1) is 18.9. The van der Waals surface area contributed by atoms with Crippen LogP contribution in [0.3, 0.4) is 0 Å². The molecule has 1 aliphatic heterocycles. The lowest BCUT2D eigenvalue weighted by atomic mass is 9.97. The molecular formula is C21H24N2O4. The Labute approximate surface area is 158 Å². The van der Waals surface area contributed by atoms with Gasteiger partial charge in [-0.1, -0.05) is 29.8 Å². The molecule has 27 heavy (non-hydrogen) atoms. The van der Waals surface area contributed by atoms with E-state index in [2.05, 4.69) is 4.98 Å². The molecule has 0 bridgehead atoms. The molecule has 3 rings (SSSR count). The number of ketones is 1. The first-order valence-corrected chi connectivity index (χ1v) is 9.24. The maximum Gasteiger partial charge on any atom is 0.340 e. The van der Waals surface area contributed by atoms with Gasteiger partial charge in [-0.25, -0.2) is 4.79 Å². The average molecular weight is 368 g/mol. The van der Waals surface area contributed by atoms with Crippen molar-refractivity contribution in [3.05, 3.63) is 46.8 Å². The summed E-state index contributed by atoms with van der Waals surface area (Å²) in [6.45, 7) is 6.81. The van der Waals surface area contributed by atoms with Gasteiger partial charge in [-0.15, -0.1) is 0 Å². The molecule has 142 valence electrons. The third-order valence-corrected chi connectivity index (χ3v) is 4.82. The van der Waals surface area contributed by atoms with Crippen LogP contribution >= 0.6 is 0 Å². The van der Waals surface area contributed by atoms with Crippen molar-refractivity contribution in [2.45, 2.75) is 33.6 Å². The van der Waals surface area contributed by atoms with Crippen LogP contribution in [0, 0.1) is 13.8 Å². The maximum absolute atomic E-state index is 13.0. The largest absolute Gasteiger partial charge is 0.462 e. The summed E-state index contributed by atoms with van der Waals surface area (Å²) in [7, 11) is 0. The predicted molar refractivity (Wildman–Crippen MR) is 102 cm³/mol. The number of nitrogens with one attached hydrogen (secondary N) is 1. The smallest absolute Gasteiger partial charge is 0.340 e. The molecule has 1 aromatic carbocycles. The Balaban J connectivity index is 2.11. The highest BCUT2D eigenvalue weighted by Crippen LogP contribution is 2.32. The molecular weight excluding hydrogens is 344 g/mol. The van der Waals surface area contributed by atoms with Gasteiger partial charge in [0, 0.05) is 24.3 Å². The van der Waals surface area contributed by atoms with Gasteiger partial charge in [0.05, 0.1) is 12.2 Å². The van der Waals surface area contributed by atoms with Crippen LogP contribution in [-0.2, 0) is 9.53 Å². The third-order valence-electron chi connectivity index (χ3n) is 4.82. The first-order valence-electron chi connectivity index (χ1n) is 9.24. The molecule has 2 heterocycles. The van der Waals surface area contributed by atoms with Gasteiger partial charge in [0.15, 0.2) is 0 Å². The highest BCUT2D eigenvalue weighted by Gasteiger charge is 2.32. The number of H-pyrrole nitrogens is 1. The van der Waals surface area contributed by atoms with Crippen molar-refractivity contribution < 1.29 is 19.1 Å². The number of hydrogen-bond acceptors (Lipinski definition) is 4. The molecule has 1 N–H and O–H groups in total. The maximum atomic E-state index is 13.0. The number of carbonyl (C=O) groups is 3. The quantitative estimate of drug-likeness (QED) is 0.499. The lowest BCUT2D eigenvalue weighted by molar-refractivity contribution is -0.125. The molecule has 1 saturated heterocycles. The van der Waals surface area contributed by atoms with E-state index in [1.807, 2.05) is 31.2 Å². The number of hydrogen-bond donors (Lipinski definition) is 1. The number of ether oxygens (including phenoxy) is 1. The molecule has 1 aromatic heterocycles. The minimum Gasteiger partial charge on any atom is -0.462 e. The van der Waals surface area contributed by atoms with Crippen LogP contribution in [0.2, 0.25) is 0 Å². The summed E-state index contributed by atoms with van der Waals surface area (Å²) in [4.78, 5) is 42.7. The highest BCUT2D eigenvalue weighted by molar-refractivity contribution is 6.43. The molecule has 1 fully saturated rings. The normalized spacial score (nSPS) is 13.7. The Morgan fingerprint density at radius 1 is 1.07 bits per heavy atom. The highest BCUT2D eigenvalue weighted by atomic mass is 16.5. The van der Waals surface area contributed by atoms with Crippen LogP contribution < -0.4 is 0 Å². The summed E-state index contributed by atoms with van der Waals surface area (Å²) in [5.41, 5.74) is 3.16. The summed E-state index contributed by atoms with van der Waals surface area (Å²) in [6, 6.07) is 7.50. The van der Waals surface area contributed by atoms with E-state index >= 15 is 0 Å². The summed E-state index contributed by atoms with van der Waals surface area (Å²) in [5, 5.41) is 0. The molecule has 1 aliphatic rings. The number of rotatable bonds is 5. The molecule has 2 aromatic rings. The van der Waals surface area contributed by atoms with E-state index in [1.165, 1.54) is 0 Å². The minimum absolute atomic E-state index is 0.149. The Kier molecular flexibility index (Phi) is 5.44. The fourth-order valence-corrected chi connectivity index (χ4v) is 3.43. The van der Waals surface area contributed by atoms with Gasteiger partial charge in [0.2, 0.25) is 0 Å².